The summed E-state index contributed by atoms with van der Waals surface area (Å²) >= 11 is 0. The van der Waals surface area contributed by atoms with Crippen molar-refractivity contribution in [1.29, 1.82) is 5.26 Å². The van der Waals surface area contributed by atoms with Crippen molar-refractivity contribution >= 4 is 36.8 Å². The number of para-hydroxylation sites is 1. The Balaban J connectivity index is 1.64. The van der Waals surface area contributed by atoms with Gasteiger partial charge in [-0.05, 0) is 32.9 Å². The highest BCUT2D eigenvalue weighted by Gasteiger charge is 2.56. The summed E-state index contributed by atoms with van der Waals surface area (Å²) in [5.74, 6) is -1.72. The summed E-state index contributed by atoms with van der Waals surface area (Å²) in [6.45, 7) is 3.92. The van der Waals surface area contributed by atoms with Gasteiger partial charge in [-0.15, -0.1) is 0 Å². The number of nitrogens with zero attached hydrogens (tertiary/aromatic N) is 5. The smallest absolute Gasteiger partial charge is 0.459 e. The largest absolute Gasteiger partial charge is 0.479 e. The van der Waals surface area contributed by atoms with Gasteiger partial charge in [0.2, 0.25) is 11.8 Å². The zero-order valence-corrected chi connectivity index (χ0v) is 25.4. The van der Waals surface area contributed by atoms with Crippen LogP contribution in [0.5, 0.6) is 11.6 Å². The van der Waals surface area contributed by atoms with Crippen molar-refractivity contribution in [3.8, 4) is 17.7 Å². The van der Waals surface area contributed by atoms with Gasteiger partial charge in [0.15, 0.2) is 17.4 Å². The number of aromatic nitrogens is 4. The number of benzene rings is 1. The number of esters is 2. The number of carbonyl (C=O) groups is 2. The van der Waals surface area contributed by atoms with Crippen molar-refractivity contribution in [2.24, 2.45) is 5.41 Å². The zero-order valence-electron chi connectivity index (χ0n) is 24.5. The Morgan fingerprint density at radius 2 is 2.05 bits per heavy atom. The van der Waals surface area contributed by atoms with Gasteiger partial charge in [0.25, 0.3) is 0 Å². The molecule has 0 aliphatic carbocycles. The van der Waals surface area contributed by atoms with E-state index in [4.69, 9.17) is 33.7 Å². The molecule has 6 atom stereocenters. The molecule has 17 nitrogen and oxygen atoms in total. The van der Waals surface area contributed by atoms with E-state index in [1.807, 2.05) is 0 Å². The van der Waals surface area contributed by atoms with Crippen LogP contribution >= 0.6 is 7.75 Å². The average Bonchev–Trinajstić information content (AvgIpc) is 3.53. The first-order valence-corrected chi connectivity index (χ1v) is 14.8. The summed E-state index contributed by atoms with van der Waals surface area (Å²) in [5.41, 5.74) is 4.59. The molecule has 0 radical (unpaired) electrons. The molecular weight excluding hydrogens is 601 g/mol. The molecule has 2 aromatic heterocycles. The van der Waals surface area contributed by atoms with E-state index in [1.165, 1.54) is 50.1 Å². The van der Waals surface area contributed by atoms with Crippen molar-refractivity contribution < 1.29 is 47.3 Å². The highest BCUT2D eigenvalue weighted by atomic mass is 31.2. The topological polar surface area (TPSA) is 232 Å². The number of rotatable bonds is 12. The Hall–Kier alpha value is -4.33. The number of aliphatic hydroxyl groups excluding tert-OH is 1. The first-order chi connectivity index (χ1) is 20.9. The SMILES string of the molecule is CCOC(=O)c1ccccc1OP(=O)(N[C@@H](C)C(=O)OC)OC[C@H]1O[C@@H](n2cnc3c(OC)nc(N)nc32)[C@](C)(C#N)[C@@H]1O. The van der Waals surface area contributed by atoms with Crippen LogP contribution in [0, 0.1) is 16.7 Å². The predicted molar refractivity (Wildman–Crippen MR) is 151 cm³/mol. The highest BCUT2D eigenvalue weighted by molar-refractivity contribution is 7.52. The molecule has 1 aromatic carbocycles. The quantitative estimate of drug-likeness (QED) is 0.190. The normalized spacial score (nSPS) is 23.3. The number of methoxy groups -OCH3 is 2. The fourth-order valence-corrected chi connectivity index (χ4v) is 6.04. The number of anilines is 1. The van der Waals surface area contributed by atoms with E-state index in [-0.39, 0.29) is 40.9 Å². The number of nitrogens with one attached hydrogen (secondary N) is 1. The molecular formula is C26H32N7O10P. The van der Waals surface area contributed by atoms with Crippen LogP contribution in [-0.4, -0.2) is 82.2 Å². The van der Waals surface area contributed by atoms with Gasteiger partial charge < -0.3 is 34.3 Å². The summed E-state index contributed by atoms with van der Waals surface area (Å²) < 4.78 is 47.9. The number of nitriles is 1. The summed E-state index contributed by atoms with van der Waals surface area (Å²) in [6.07, 6.45) is -2.59. The lowest BCUT2D eigenvalue weighted by atomic mass is 9.84. The first kappa shape index (κ1) is 32.6. The lowest BCUT2D eigenvalue weighted by Gasteiger charge is -2.26. The van der Waals surface area contributed by atoms with E-state index in [0.29, 0.717) is 0 Å². The molecule has 3 aromatic rings. The molecule has 4 N–H and O–H groups in total. The van der Waals surface area contributed by atoms with Crippen LogP contribution in [0.25, 0.3) is 11.2 Å². The van der Waals surface area contributed by atoms with Crippen molar-refractivity contribution in [2.75, 3.05) is 33.2 Å². The fourth-order valence-electron chi connectivity index (χ4n) is 4.52. The van der Waals surface area contributed by atoms with Crippen molar-refractivity contribution in [2.45, 2.75) is 45.2 Å². The summed E-state index contributed by atoms with van der Waals surface area (Å²) in [7, 11) is -2.00. The third-order valence-electron chi connectivity index (χ3n) is 6.79. The Kier molecular flexibility index (Phi) is 9.72. The molecule has 44 heavy (non-hydrogen) atoms. The molecule has 1 aliphatic rings. The van der Waals surface area contributed by atoms with Crippen LogP contribution in [0.4, 0.5) is 5.95 Å². The summed E-state index contributed by atoms with van der Waals surface area (Å²) in [5, 5.41) is 23.8. The van der Waals surface area contributed by atoms with Crippen LogP contribution < -0.4 is 20.1 Å². The van der Waals surface area contributed by atoms with Gasteiger partial charge in [0.05, 0.1) is 39.8 Å². The Morgan fingerprint density at radius 3 is 2.70 bits per heavy atom. The molecule has 1 saturated heterocycles. The lowest BCUT2D eigenvalue weighted by molar-refractivity contribution is -0.142. The van der Waals surface area contributed by atoms with Gasteiger partial charge in [0, 0.05) is 0 Å². The molecule has 0 bridgehead atoms. The maximum atomic E-state index is 14.1. The number of nitrogens with two attached hydrogens (primary N) is 1. The Bertz CT molecular complexity index is 1630. The number of imidazole rings is 1. The van der Waals surface area contributed by atoms with Gasteiger partial charge in [-0.3, -0.25) is 13.9 Å². The predicted octanol–water partition coefficient (Wildman–Crippen LogP) is 1.74. The third kappa shape index (κ3) is 6.30. The Morgan fingerprint density at radius 1 is 1.32 bits per heavy atom. The minimum Gasteiger partial charge on any atom is -0.479 e. The van der Waals surface area contributed by atoms with E-state index in [1.54, 1.807) is 13.0 Å². The van der Waals surface area contributed by atoms with Crippen LogP contribution in [0.15, 0.2) is 30.6 Å². The average molecular weight is 634 g/mol. The van der Waals surface area contributed by atoms with E-state index in [9.17, 15) is 24.5 Å². The maximum Gasteiger partial charge on any atom is 0.459 e. The molecule has 0 amide bonds. The minimum atomic E-state index is -4.52. The monoisotopic (exact) mass is 633 g/mol. The fraction of sp³-hybridized carbons (Fsp3) is 0.462. The second kappa shape index (κ2) is 13.1. The molecule has 236 valence electrons. The summed E-state index contributed by atoms with van der Waals surface area (Å²) in [6, 6.07) is 6.73. The van der Waals surface area contributed by atoms with Gasteiger partial charge in [-0.2, -0.15) is 20.3 Å². The number of aliphatic hydroxyl groups is 1. The van der Waals surface area contributed by atoms with Crippen molar-refractivity contribution in [3.63, 3.8) is 0 Å². The van der Waals surface area contributed by atoms with Gasteiger partial charge in [0.1, 0.15) is 35.0 Å². The molecule has 18 heteroatoms. The number of carbonyl (C=O) groups excluding carboxylic acids is 2. The first-order valence-electron chi connectivity index (χ1n) is 13.3. The second-order valence-corrected chi connectivity index (χ2v) is 11.5. The van der Waals surface area contributed by atoms with E-state index in [2.05, 4.69) is 26.1 Å². The second-order valence-electron chi connectivity index (χ2n) is 9.76. The minimum absolute atomic E-state index is 0.0522. The number of ether oxygens (including phenoxy) is 4. The molecule has 1 fully saturated rings. The standard InChI is InChI=1S/C26H32N7O10P/c1-6-40-23(36)15-9-7-8-10-16(15)43-44(37,32-14(2)22(35)39-5)41-11-17-19(34)26(3,12-27)24(42-17)33-13-29-18-20(33)30-25(28)31-21(18)38-4/h7-10,13-14,17,19,24,34H,6,11H2,1-5H3,(H,32,37)(H2,28,30,31)/t14-,17+,19+,24+,26+,44?/m0/s1. The molecule has 4 rings (SSSR count). The molecule has 0 saturated carbocycles. The van der Waals surface area contributed by atoms with Crippen LogP contribution in [-0.2, 0) is 28.1 Å². The lowest BCUT2D eigenvalue weighted by Crippen LogP contribution is -2.39. The maximum absolute atomic E-state index is 14.1. The number of hydrogen-bond donors (Lipinski definition) is 3. The van der Waals surface area contributed by atoms with Crippen molar-refractivity contribution in [1.82, 2.24) is 24.6 Å². The molecule has 0 spiro atoms. The number of nitrogen functional groups attached to an aromatic ring is 1. The third-order valence-corrected chi connectivity index (χ3v) is 8.42. The van der Waals surface area contributed by atoms with Crippen molar-refractivity contribution in [3.05, 3.63) is 36.2 Å². The van der Waals surface area contributed by atoms with Gasteiger partial charge in [-0.1, -0.05) is 12.1 Å². The van der Waals surface area contributed by atoms with E-state index < -0.39 is 56.2 Å². The number of fused-ring (bicyclic) bond motifs is 1. The number of hydrogen-bond acceptors (Lipinski definition) is 15. The van der Waals surface area contributed by atoms with Gasteiger partial charge in [-0.25, -0.2) is 14.3 Å². The highest BCUT2D eigenvalue weighted by Crippen LogP contribution is 2.50. The Labute approximate surface area is 251 Å². The van der Waals surface area contributed by atoms with Crippen LogP contribution in [0.1, 0.15) is 37.4 Å². The van der Waals surface area contributed by atoms with Crippen LogP contribution in [0.3, 0.4) is 0 Å². The zero-order chi connectivity index (χ0) is 32.2. The summed E-state index contributed by atoms with van der Waals surface area (Å²) in [4.78, 5) is 37.1. The van der Waals surface area contributed by atoms with E-state index >= 15 is 0 Å². The van der Waals surface area contributed by atoms with E-state index in [0.717, 1.165) is 7.11 Å². The molecule has 1 unspecified atom stereocenters. The van der Waals surface area contributed by atoms with Gasteiger partial charge >= 0.3 is 19.7 Å². The molecule has 3 heterocycles. The molecule has 1 aliphatic heterocycles. The van der Waals surface area contributed by atoms with Crippen LogP contribution in [0.2, 0.25) is 0 Å².